The summed E-state index contributed by atoms with van der Waals surface area (Å²) < 4.78 is 6.61. The molecule has 1 amide bonds. The molecule has 3 aromatic rings. The number of hydrogen-bond donors (Lipinski definition) is 1. The number of carbonyl (C=O) groups is 1. The van der Waals surface area contributed by atoms with Crippen molar-refractivity contribution in [2.75, 3.05) is 32.8 Å². The molecule has 0 radical (unpaired) electrons. The molecule has 1 aliphatic rings. The van der Waals surface area contributed by atoms with Crippen LogP contribution in [0.3, 0.4) is 0 Å². The summed E-state index contributed by atoms with van der Waals surface area (Å²) >= 11 is 13.8. The number of halogens is 2. The van der Waals surface area contributed by atoms with E-state index in [4.69, 9.17) is 27.9 Å². The summed E-state index contributed by atoms with van der Waals surface area (Å²) in [7, 11) is 0. The average Bonchev–Trinajstić information content (AvgIpc) is 3.31. The number of fused-ring (bicyclic) bond motifs is 1. The average molecular weight is 484 g/mol. The van der Waals surface area contributed by atoms with Gasteiger partial charge in [0, 0.05) is 32.6 Å². The lowest BCUT2D eigenvalue weighted by Crippen LogP contribution is -2.49. The van der Waals surface area contributed by atoms with Gasteiger partial charge in [0.2, 0.25) is 10.8 Å². The van der Waals surface area contributed by atoms with Crippen LogP contribution in [-0.4, -0.2) is 68.4 Å². The summed E-state index contributed by atoms with van der Waals surface area (Å²) in [6.07, 6.45) is 0.386. The lowest BCUT2D eigenvalue weighted by Gasteiger charge is -2.38. The number of piperazine rings is 1. The smallest absolute Gasteiger partial charge is 0.409 e. The minimum atomic E-state index is -0.304. The fourth-order valence-electron chi connectivity index (χ4n) is 3.71. The van der Waals surface area contributed by atoms with Crippen LogP contribution in [0.15, 0.2) is 18.2 Å². The third-order valence-corrected chi connectivity index (χ3v) is 7.08. The standard InChI is InChI=1S/C20H23Cl2N5O3S/c1-3-15-23-19-27(24-15)18(28)17(31-19)16(12-5-6-13(21)14(22)11-12)25-7-9-26(10-8-25)20(29)30-4-2/h5-6,11,16,28H,3-4,7-10H2,1-2H3/t16-/m0/s1. The monoisotopic (exact) mass is 483 g/mol. The van der Waals surface area contributed by atoms with E-state index in [1.54, 1.807) is 17.9 Å². The fourth-order valence-corrected chi connectivity index (χ4v) is 5.15. The first-order chi connectivity index (χ1) is 14.9. The molecule has 3 heterocycles. The Hall–Kier alpha value is -2.07. The molecule has 0 bridgehead atoms. The molecule has 1 aliphatic heterocycles. The molecule has 0 spiro atoms. The molecule has 1 saturated heterocycles. The molecule has 0 saturated carbocycles. The van der Waals surface area contributed by atoms with Crippen LogP contribution in [0.2, 0.25) is 10.0 Å². The highest BCUT2D eigenvalue weighted by atomic mass is 35.5. The first-order valence-electron chi connectivity index (χ1n) is 10.1. The number of ether oxygens (including phenoxy) is 1. The molecule has 31 heavy (non-hydrogen) atoms. The second kappa shape index (κ2) is 9.20. The van der Waals surface area contributed by atoms with Gasteiger partial charge in [0.25, 0.3) is 0 Å². The Labute approximate surface area is 193 Å². The zero-order chi connectivity index (χ0) is 22.1. The van der Waals surface area contributed by atoms with Crippen molar-refractivity contribution in [2.24, 2.45) is 0 Å². The molecular formula is C20H23Cl2N5O3S. The number of amides is 1. The summed E-state index contributed by atoms with van der Waals surface area (Å²) in [6.45, 7) is 6.38. The summed E-state index contributed by atoms with van der Waals surface area (Å²) in [5.74, 6) is 0.748. The highest BCUT2D eigenvalue weighted by molar-refractivity contribution is 7.17. The van der Waals surface area contributed by atoms with Gasteiger partial charge in [-0.3, -0.25) is 4.90 Å². The van der Waals surface area contributed by atoms with Crippen LogP contribution in [0.25, 0.3) is 4.96 Å². The predicted molar refractivity (Wildman–Crippen MR) is 120 cm³/mol. The first-order valence-corrected chi connectivity index (χ1v) is 11.7. The Kier molecular flexibility index (Phi) is 6.57. The van der Waals surface area contributed by atoms with E-state index in [1.165, 1.54) is 15.9 Å². The zero-order valence-electron chi connectivity index (χ0n) is 17.2. The van der Waals surface area contributed by atoms with Crippen molar-refractivity contribution in [2.45, 2.75) is 26.3 Å². The van der Waals surface area contributed by atoms with E-state index in [1.807, 2.05) is 19.1 Å². The molecule has 166 valence electrons. The summed E-state index contributed by atoms with van der Waals surface area (Å²) in [5, 5.41) is 16.3. The lowest BCUT2D eigenvalue weighted by molar-refractivity contribution is 0.0715. The van der Waals surface area contributed by atoms with Crippen molar-refractivity contribution in [3.8, 4) is 5.88 Å². The number of rotatable bonds is 5. The number of benzene rings is 1. The van der Waals surface area contributed by atoms with Gasteiger partial charge >= 0.3 is 6.09 Å². The maximum atomic E-state index is 12.1. The third-order valence-electron chi connectivity index (χ3n) is 5.27. The maximum absolute atomic E-state index is 12.1. The molecule has 1 N–H and O–H groups in total. The van der Waals surface area contributed by atoms with Gasteiger partial charge < -0.3 is 14.7 Å². The van der Waals surface area contributed by atoms with E-state index in [0.29, 0.717) is 60.0 Å². The zero-order valence-corrected chi connectivity index (χ0v) is 19.5. The van der Waals surface area contributed by atoms with Gasteiger partial charge in [-0.15, -0.1) is 5.10 Å². The second-order valence-electron chi connectivity index (χ2n) is 7.16. The normalized spacial score (nSPS) is 16.1. The second-order valence-corrected chi connectivity index (χ2v) is 8.99. The van der Waals surface area contributed by atoms with Crippen molar-refractivity contribution in [3.05, 3.63) is 44.5 Å². The van der Waals surface area contributed by atoms with E-state index in [0.717, 1.165) is 10.4 Å². The molecule has 8 nitrogen and oxygen atoms in total. The van der Waals surface area contributed by atoms with Gasteiger partial charge in [-0.1, -0.05) is 47.5 Å². The molecular weight excluding hydrogens is 461 g/mol. The SMILES string of the molecule is CCOC(=O)N1CCN([C@@H](c2ccc(Cl)c(Cl)c2)c2sc3nc(CC)nn3c2O)CC1. The minimum absolute atomic E-state index is 0.0658. The summed E-state index contributed by atoms with van der Waals surface area (Å²) in [4.78, 5) is 21.9. The Morgan fingerprint density at radius 3 is 2.58 bits per heavy atom. The molecule has 1 aromatic carbocycles. The third kappa shape index (κ3) is 4.32. The fraction of sp³-hybridized carbons (Fsp3) is 0.450. The van der Waals surface area contributed by atoms with Gasteiger partial charge in [0.15, 0.2) is 5.82 Å². The van der Waals surface area contributed by atoms with Crippen LogP contribution in [0, 0.1) is 0 Å². The number of aromatic nitrogens is 3. The molecule has 0 unspecified atom stereocenters. The van der Waals surface area contributed by atoms with E-state index < -0.39 is 0 Å². The van der Waals surface area contributed by atoms with Crippen molar-refractivity contribution >= 4 is 45.6 Å². The van der Waals surface area contributed by atoms with E-state index >= 15 is 0 Å². The Morgan fingerprint density at radius 2 is 1.97 bits per heavy atom. The van der Waals surface area contributed by atoms with Crippen molar-refractivity contribution < 1.29 is 14.6 Å². The van der Waals surface area contributed by atoms with Crippen LogP contribution in [0.5, 0.6) is 5.88 Å². The largest absolute Gasteiger partial charge is 0.492 e. The number of nitrogens with zero attached hydrogens (tertiary/aromatic N) is 5. The molecule has 1 fully saturated rings. The van der Waals surface area contributed by atoms with E-state index in [9.17, 15) is 9.90 Å². The highest BCUT2D eigenvalue weighted by Gasteiger charge is 2.33. The highest BCUT2D eigenvalue weighted by Crippen LogP contribution is 2.41. The van der Waals surface area contributed by atoms with Crippen molar-refractivity contribution in [1.82, 2.24) is 24.4 Å². The Balaban J connectivity index is 1.69. The minimum Gasteiger partial charge on any atom is -0.492 e. The van der Waals surface area contributed by atoms with Gasteiger partial charge in [0.05, 0.1) is 27.6 Å². The van der Waals surface area contributed by atoms with E-state index in [-0.39, 0.29) is 18.0 Å². The molecule has 0 aliphatic carbocycles. The topological polar surface area (TPSA) is 83.2 Å². The van der Waals surface area contributed by atoms with Crippen LogP contribution < -0.4 is 0 Å². The van der Waals surface area contributed by atoms with Crippen LogP contribution in [-0.2, 0) is 11.2 Å². The van der Waals surface area contributed by atoms with Crippen LogP contribution in [0.4, 0.5) is 4.79 Å². The Bertz CT molecular complexity index is 1090. The van der Waals surface area contributed by atoms with Crippen molar-refractivity contribution in [1.29, 1.82) is 0 Å². The lowest BCUT2D eigenvalue weighted by atomic mass is 10.0. The van der Waals surface area contributed by atoms with Gasteiger partial charge in [-0.05, 0) is 24.6 Å². The van der Waals surface area contributed by atoms with Gasteiger partial charge in [-0.25, -0.2) is 9.78 Å². The predicted octanol–water partition coefficient (Wildman–Crippen LogP) is 4.23. The molecule has 4 rings (SSSR count). The summed E-state index contributed by atoms with van der Waals surface area (Å²) in [5.41, 5.74) is 0.898. The van der Waals surface area contributed by atoms with Crippen LogP contribution in [0.1, 0.15) is 36.2 Å². The number of hydrogen-bond acceptors (Lipinski definition) is 7. The van der Waals surface area contributed by atoms with E-state index in [2.05, 4.69) is 15.0 Å². The Morgan fingerprint density at radius 1 is 1.23 bits per heavy atom. The molecule has 2 aromatic heterocycles. The number of aryl methyl sites for hydroxylation is 1. The number of aromatic hydroxyl groups is 1. The van der Waals surface area contributed by atoms with Gasteiger partial charge in [0.1, 0.15) is 0 Å². The molecule has 1 atom stereocenters. The number of carbonyl (C=O) groups excluding carboxylic acids is 1. The quantitative estimate of drug-likeness (QED) is 0.584. The van der Waals surface area contributed by atoms with Crippen molar-refractivity contribution in [3.63, 3.8) is 0 Å². The molecule has 11 heteroatoms. The maximum Gasteiger partial charge on any atom is 0.409 e. The van der Waals surface area contributed by atoms with Gasteiger partial charge in [-0.2, -0.15) is 4.52 Å². The summed E-state index contributed by atoms with van der Waals surface area (Å²) in [6, 6.07) is 5.20. The first kappa shape index (κ1) is 22.1. The van der Waals surface area contributed by atoms with Crippen LogP contribution >= 0.6 is 34.5 Å². The number of thiazole rings is 1.